The minimum atomic E-state index is -0.00599. The number of hydrogen-bond donors (Lipinski definition) is 2. The fourth-order valence-electron chi connectivity index (χ4n) is 2.34. The summed E-state index contributed by atoms with van der Waals surface area (Å²) in [5.41, 5.74) is 1.98. The average molecular weight is 299 g/mol. The van der Waals surface area contributed by atoms with Crippen LogP contribution >= 0.6 is 0 Å². The SMILES string of the molecule is COc1cccc(NC(=O)C[NH+](C)[C@H](C)c2ccccc2)c1. The molecule has 22 heavy (non-hydrogen) atoms. The molecule has 0 heterocycles. The second kappa shape index (κ2) is 7.61. The molecule has 0 saturated heterocycles. The Kier molecular flexibility index (Phi) is 5.55. The first-order valence-corrected chi connectivity index (χ1v) is 7.41. The van der Waals surface area contributed by atoms with Gasteiger partial charge in [0.05, 0.1) is 14.2 Å². The predicted octanol–water partition coefficient (Wildman–Crippen LogP) is 1.91. The quantitative estimate of drug-likeness (QED) is 0.855. The van der Waals surface area contributed by atoms with E-state index < -0.39 is 0 Å². The molecule has 2 N–H and O–H groups in total. The van der Waals surface area contributed by atoms with Crippen LogP contribution in [-0.4, -0.2) is 26.6 Å². The van der Waals surface area contributed by atoms with E-state index in [1.807, 2.05) is 49.5 Å². The van der Waals surface area contributed by atoms with E-state index >= 15 is 0 Å². The zero-order chi connectivity index (χ0) is 15.9. The van der Waals surface area contributed by atoms with Crippen LogP contribution in [0.15, 0.2) is 54.6 Å². The second-order valence-electron chi connectivity index (χ2n) is 5.44. The van der Waals surface area contributed by atoms with E-state index in [4.69, 9.17) is 4.74 Å². The summed E-state index contributed by atoms with van der Waals surface area (Å²) in [6.07, 6.45) is 0. The number of methoxy groups -OCH3 is 1. The van der Waals surface area contributed by atoms with Crippen molar-refractivity contribution in [1.82, 2.24) is 0 Å². The van der Waals surface area contributed by atoms with Crippen molar-refractivity contribution >= 4 is 11.6 Å². The highest BCUT2D eigenvalue weighted by Crippen LogP contribution is 2.16. The molecule has 2 rings (SSSR count). The lowest BCUT2D eigenvalue weighted by Crippen LogP contribution is -3.10. The van der Waals surface area contributed by atoms with E-state index in [-0.39, 0.29) is 11.9 Å². The van der Waals surface area contributed by atoms with E-state index in [1.54, 1.807) is 7.11 Å². The fourth-order valence-corrected chi connectivity index (χ4v) is 2.34. The highest BCUT2D eigenvalue weighted by molar-refractivity contribution is 5.91. The zero-order valence-corrected chi connectivity index (χ0v) is 13.3. The number of quaternary nitrogens is 1. The number of amides is 1. The Morgan fingerprint density at radius 1 is 1.18 bits per heavy atom. The molecule has 0 bridgehead atoms. The van der Waals surface area contributed by atoms with Crippen LogP contribution in [0.5, 0.6) is 5.75 Å². The van der Waals surface area contributed by atoms with Crippen LogP contribution in [0.1, 0.15) is 18.5 Å². The smallest absolute Gasteiger partial charge is 0.279 e. The van der Waals surface area contributed by atoms with Gasteiger partial charge >= 0.3 is 0 Å². The highest BCUT2D eigenvalue weighted by Gasteiger charge is 2.18. The van der Waals surface area contributed by atoms with Crippen molar-refractivity contribution in [2.24, 2.45) is 0 Å². The van der Waals surface area contributed by atoms with Gasteiger partial charge in [-0.2, -0.15) is 0 Å². The summed E-state index contributed by atoms with van der Waals surface area (Å²) in [5.74, 6) is 0.727. The summed E-state index contributed by atoms with van der Waals surface area (Å²) in [6, 6.07) is 17.9. The monoisotopic (exact) mass is 299 g/mol. The summed E-state index contributed by atoms with van der Waals surface area (Å²) >= 11 is 0. The molecule has 2 aromatic rings. The summed E-state index contributed by atoms with van der Waals surface area (Å²) in [6.45, 7) is 2.54. The van der Waals surface area contributed by atoms with Gasteiger partial charge in [0.25, 0.3) is 5.91 Å². The maximum absolute atomic E-state index is 12.2. The minimum Gasteiger partial charge on any atom is -0.497 e. The first-order chi connectivity index (χ1) is 10.6. The van der Waals surface area contributed by atoms with E-state index in [2.05, 4.69) is 24.4 Å². The molecule has 0 saturated carbocycles. The van der Waals surface area contributed by atoms with Gasteiger partial charge < -0.3 is 15.0 Å². The Labute approximate surface area is 131 Å². The van der Waals surface area contributed by atoms with E-state index in [9.17, 15) is 4.79 Å². The van der Waals surface area contributed by atoms with Gasteiger partial charge in [0.2, 0.25) is 0 Å². The van der Waals surface area contributed by atoms with E-state index in [0.29, 0.717) is 6.54 Å². The van der Waals surface area contributed by atoms with Crippen molar-refractivity contribution in [2.75, 3.05) is 26.0 Å². The largest absolute Gasteiger partial charge is 0.497 e. The zero-order valence-electron chi connectivity index (χ0n) is 13.3. The van der Waals surface area contributed by atoms with Gasteiger partial charge in [-0.1, -0.05) is 36.4 Å². The Bertz CT molecular complexity index is 613. The third kappa shape index (κ3) is 4.33. The maximum Gasteiger partial charge on any atom is 0.279 e. The number of likely N-dealkylation sites (N-methyl/N-ethyl adjacent to an activating group) is 1. The Morgan fingerprint density at radius 3 is 2.59 bits per heavy atom. The van der Waals surface area contributed by atoms with Crippen LogP contribution in [-0.2, 0) is 4.79 Å². The summed E-state index contributed by atoms with van der Waals surface area (Å²) in [7, 11) is 3.64. The minimum absolute atomic E-state index is 0.00599. The Morgan fingerprint density at radius 2 is 1.91 bits per heavy atom. The summed E-state index contributed by atoms with van der Waals surface area (Å²) in [4.78, 5) is 13.3. The molecule has 0 spiro atoms. The van der Waals surface area contributed by atoms with Gasteiger partial charge in [0.15, 0.2) is 6.54 Å². The molecule has 2 atom stereocenters. The van der Waals surface area contributed by atoms with Crippen LogP contribution in [0.25, 0.3) is 0 Å². The average Bonchev–Trinajstić information content (AvgIpc) is 2.55. The molecule has 1 amide bonds. The van der Waals surface area contributed by atoms with Crippen molar-refractivity contribution in [3.05, 3.63) is 60.2 Å². The van der Waals surface area contributed by atoms with Crippen LogP contribution in [0.3, 0.4) is 0 Å². The predicted molar refractivity (Wildman–Crippen MR) is 88.2 cm³/mol. The Balaban J connectivity index is 1.93. The molecule has 116 valence electrons. The van der Waals surface area contributed by atoms with Crippen molar-refractivity contribution in [1.29, 1.82) is 0 Å². The fraction of sp³-hybridized carbons (Fsp3) is 0.278. The van der Waals surface area contributed by atoms with Crippen molar-refractivity contribution in [3.63, 3.8) is 0 Å². The summed E-state index contributed by atoms with van der Waals surface area (Å²) < 4.78 is 5.16. The van der Waals surface area contributed by atoms with Gasteiger partial charge in [0.1, 0.15) is 11.8 Å². The standard InChI is InChI=1S/C18H22N2O2/c1-14(15-8-5-4-6-9-15)20(2)13-18(21)19-16-10-7-11-17(12-16)22-3/h4-12,14H,13H2,1-3H3,(H,19,21)/p+1/t14-/m1/s1. The number of carbonyl (C=O) groups is 1. The molecule has 0 aliphatic rings. The lowest BCUT2D eigenvalue weighted by molar-refractivity contribution is -0.902. The first kappa shape index (κ1) is 16.0. The molecule has 2 aromatic carbocycles. The molecule has 0 radical (unpaired) electrons. The van der Waals surface area contributed by atoms with Crippen LogP contribution in [0, 0.1) is 0 Å². The number of nitrogens with one attached hydrogen (secondary N) is 2. The molecule has 4 nitrogen and oxygen atoms in total. The van der Waals surface area contributed by atoms with Crippen molar-refractivity contribution in [2.45, 2.75) is 13.0 Å². The van der Waals surface area contributed by atoms with Gasteiger partial charge in [-0.05, 0) is 19.1 Å². The van der Waals surface area contributed by atoms with Gasteiger partial charge in [-0.3, -0.25) is 4.79 Å². The first-order valence-electron chi connectivity index (χ1n) is 7.41. The molecule has 0 aromatic heterocycles. The third-order valence-corrected chi connectivity index (χ3v) is 3.83. The molecule has 0 fully saturated rings. The van der Waals surface area contributed by atoms with Crippen LogP contribution in [0.2, 0.25) is 0 Å². The topological polar surface area (TPSA) is 42.8 Å². The van der Waals surface area contributed by atoms with Crippen molar-refractivity contribution < 1.29 is 14.4 Å². The van der Waals surface area contributed by atoms with Crippen LogP contribution in [0.4, 0.5) is 5.69 Å². The van der Waals surface area contributed by atoms with E-state index in [0.717, 1.165) is 16.3 Å². The molecular formula is C18H23N2O2+. The lowest BCUT2D eigenvalue weighted by atomic mass is 10.1. The normalized spacial score (nSPS) is 13.2. The molecular weight excluding hydrogens is 276 g/mol. The van der Waals surface area contributed by atoms with Gasteiger partial charge in [0, 0.05) is 17.3 Å². The number of benzene rings is 2. The van der Waals surface area contributed by atoms with Gasteiger partial charge in [-0.25, -0.2) is 0 Å². The summed E-state index contributed by atoms with van der Waals surface area (Å²) in [5, 5.41) is 2.91. The highest BCUT2D eigenvalue weighted by atomic mass is 16.5. The lowest BCUT2D eigenvalue weighted by Gasteiger charge is -2.21. The van der Waals surface area contributed by atoms with Crippen molar-refractivity contribution in [3.8, 4) is 5.75 Å². The third-order valence-electron chi connectivity index (χ3n) is 3.83. The molecule has 4 heteroatoms. The second-order valence-corrected chi connectivity index (χ2v) is 5.44. The maximum atomic E-state index is 12.2. The number of carbonyl (C=O) groups excluding carboxylic acids is 1. The van der Waals surface area contributed by atoms with E-state index in [1.165, 1.54) is 5.56 Å². The number of rotatable bonds is 6. The molecule has 1 unspecified atom stereocenters. The molecule has 0 aliphatic carbocycles. The number of anilines is 1. The van der Waals surface area contributed by atoms with Crippen LogP contribution < -0.4 is 15.0 Å². The van der Waals surface area contributed by atoms with Gasteiger partial charge in [-0.15, -0.1) is 0 Å². The number of hydrogen-bond acceptors (Lipinski definition) is 2. The molecule has 0 aliphatic heterocycles. The Hall–Kier alpha value is -2.33. The number of ether oxygens (including phenoxy) is 1.